The summed E-state index contributed by atoms with van der Waals surface area (Å²) in [4.78, 5) is 9.10. The van der Waals surface area contributed by atoms with Gasteiger partial charge in [0.15, 0.2) is 22.6 Å². The monoisotopic (exact) mass is 307 g/mol. The van der Waals surface area contributed by atoms with Crippen molar-refractivity contribution in [3.63, 3.8) is 0 Å². The molecule has 0 radical (unpaired) electrons. The summed E-state index contributed by atoms with van der Waals surface area (Å²) < 4.78 is 3.78. The highest BCUT2D eigenvalue weighted by atomic mass is 15.3. The number of rotatable bonds is 4. The highest BCUT2D eigenvalue weighted by molar-refractivity contribution is 5.86. The molecule has 3 N–H and O–H groups in total. The summed E-state index contributed by atoms with van der Waals surface area (Å²) in [6, 6.07) is 12.0. The molecule has 0 aliphatic carbocycles. The maximum atomic E-state index is 5.58. The van der Waals surface area contributed by atoms with E-state index in [1.807, 2.05) is 52.5 Å². The van der Waals surface area contributed by atoms with Crippen molar-refractivity contribution in [2.24, 2.45) is 12.8 Å². The number of nitrogens with one attached hydrogen (secondary N) is 1. The van der Waals surface area contributed by atoms with E-state index in [1.165, 1.54) is 0 Å². The third-order valence-electron chi connectivity index (χ3n) is 3.75. The zero-order chi connectivity index (χ0) is 15.8. The van der Waals surface area contributed by atoms with E-state index in [1.54, 1.807) is 6.33 Å². The predicted molar refractivity (Wildman–Crippen MR) is 90.2 cm³/mol. The number of benzene rings is 1. The number of anilines is 1. The smallest absolute Gasteiger partial charge is 0.167 e. The standard InChI is InChI=1S/C16H17N7/c1-22-10-19-14-15(18-8-7-17)20-13-9-12(21-23(13)16(14)22)11-5-3-2-4-6-11/h2-6,9-10H,7-8,17H2,1H3,(H,18,20). The molecule has 23 heavy (non-hydrogen) atoms. The Morgan fingerprint density at radius 1 is 1.22 bits per heavy atom. The fourth-order valence-electron chi connectivity index (χ4n) is 2.68. The van der Waals surface area contributed by atoms with Crippen molar-refractivity contribution in [1.82, 2.24) is 24.1 Å². The van der Waals surface area contributed by atoms with Gasteiger partial charge in [0.25, 0.3) is 0 Å². The molecule has 0 aliphatic heterocycles. The molecule has 0 unspecified atom stereocenters. The van der Waals surface area contributed by atoms with E-state index in [0.717, 1.165) is 33.9 Å². The minimum Gasteiger partial charge on any atom is -0.367 e. The van der Waals surface area contributed by atoms with Crippen LogP contribution < -0.4 is 11.1 Å². The van der Waals surface area contributed by atoms with Crippen molar-refractivity contribution < 1.29 is 0 Å². The number of nitrogens with zero attached hydrogens (tertiary/aromatic N) is 5. The molecule has 0 bridgehead atoms. The second kappa shape index (κ2) is 5.36. The van der Waals surface area contributed by atoms with Gasteiger partial charge in [0.1, 0.15) is 0 Å². The number of aryl methyl sites for hydroxylation is 1. The van der Waals surface area contributed by atoms with E-state index in [4.69, 9.17) is 10.8 Å². The summed E-state index contributed by atoms with van der Waals surface area (Å²) in [6.07, 6.45) is 1.77. The minimum atomic E-state index is 0.537. The van der Waals surface area contributed by atoms with Gasteiger partial charge in [-0.05, 0) is 0 Å². The van der Waals surface area contributed by atoms with Crippen LogP contribution in [0.4, 0.5) is 5.82 Å². The van der Waals surface area contributed by atoms with Crippen LogP contribution in [0.5, 0.6) is 0 Å². The second-order valence-corrected chi connectivity index (χ2v) is 5.37. The van der Waals surface area contributed by atoms with Gasteiger partial charge in [-0.2, -0.15) is 9.61 Å². The van der Waals surface area contributed by atoms with Crippen LogP contribution in [0.1, 0.15) is 0 Å². The molecular formula is C16H17N7. The molecule has 116 valence electrons. The summed E-state index contributed by atoms with van der Waals surface area (Å²) in [6.45, 7) is 1.18. The molecule has 7 nitrogen and oxygen atoms in total. The van der Waals surface area contributed by atoms with Crippen LogP contribution in [0.3, 0.4) is 0 Å². The molecule has 3 heterocycles. The van der Waals surface area contributed by atoms with E-state index >= 15 is 0 Å². The van der Waals surface area contributed by atoms with Crippen LogP contribution in [-0.2, 0) is 7.05 Å². The Kier molecular flexibility index (Phi) is 3.20. The lowest BCUT2D eigenvalue weighted by atomic mass is 10.2. The quantitative estimate of drug-likeness (QED) is 0.599. The van der Waals surface area contributed by atoms with Gasteiger partial charge in [0.2, 0.25) is 0 Å². The van der Waals surface area contributed by atoms with Gasteiger partial charge in [-0.1, -0.05) is 30.3 Å². The zero-order valence-electron chi connectivity index (χ0n) is 12.8. The Balaban J connectivity index is 1.96. The summed E-state index contributed by atoms with van der Waals surface area (Å²) in [5.41, 5.74) is 10.00. The van der Waals surface area contributed by atoms with Gasteiger partial charge in [0, 0.05) is 31.8 Å². The van der Waals surface area contributed by atoms with Crippen molar-refractivity contribution in [2.45, 2.75) is 0 Å². The normalized spacial score (nSPS) is 11.4. The third-order valence-corrected chi connectivity index (χ3v) is 3.75. The Labute approximate surface area is 132 Å². The van der Waals surface area contributed by atoms with Crippen molar-refractivity contribution in [3.8, 4) is 11.3 Å². The molecule has 3 aromatic heterocycles. The molecule has 1 aromatic carbocycles. The molecule has 0 fully saturated rings. The summed E-state index contributed by atoms with van der Waals surface area (Å²) in [5.74, 6) is 0.734. The maximum Gasteiger partial charge on any atom is 0.167 e. The number of aromatic nitrogens is 5. The molecule has 4 aromatic rings. The molecule has 0 spiro atoms. The van der Waals surface area contributed by atoms with Crippen LogP contribution in [0.15, 0.2) is 42.7 Å². The third kappa shape index (κ3) is 2.22. The molecule has 0 atom stereocenters. The first-order valence-corrected chi connectivity index (χ1v) is 7.48. The maximum absolute atomic E-state index is 5.58. The first-order valence-electron chi connectivity index (χ1n) is 7.48. The van der Waals surface area contributed by atoms with E-state index in [9.17, 15) is 0 Å². The Bertz CT molecular complexity index is 968. The average molecular weight is 307 g/mol. The van der Waals surface area contributed by atoms with E-state index < -0.39 is 0 Å². The number of imidazole rings is 1. The predicted octanol–water partition coefficient (Wildman–Crippen LogP) is 1.65. The SMILES string of the molecule is Cn1cnc2c(NCCN)nc3cc(-c4ccccc4)nn3c21. The number of hydrogen-bond acceptors (Lipinski definition) is 5. The molecule has 7 heteroatoms. The largest absolute Gasteiger partial charge is 0.367 e. The molecule has 0 aliphatic rings. The van der Waals surface area contributed by atoms with Gasteiger partial charge >= 0.3 is 0 Å². The Morgan fingerprint density at radius 2 is 2.04 bits per heavy atom. The number of hydrogen-bond donors (Lipinski definition) is 2. The van der Waals surface area contributed by atoms with Crippen LogP contribution >= 0.6 is 0 Å². The van der Waals surface area contributed by atoms with Gasteiger partial charge in [-0.3, -0.25) is 0 Å². The lowest BCUT2D eigenvalue weighted by molar-refractivity contribution is 0.876. The highest BCUT2D eigenvalue weighted by Gasteiger charge is 2.15. The van der Waals surface area contributed by atoms with Crippen LogP contribution in [0.25, 0.3) is 28.1 Å². The van der Waals surface area contributed by atoms with Crippen molar-refractivity contribution >= 4 is 22.6 Å². The van der Waals surface area contributed by atoms with Crippen molar-refractivity contribution in [3.05, 3.63) is 42.7 Å². The zero-order valence-corrected chi connectivity index (χ0v) is 12.8. The van der Waals surface area contributed by atoms with E-state index in [-0.39, 0.29) is 0 Å². The van der Waals surface area contributed by atoms with Gasteiger partial charge in [0.05, 0.1) is 12.0 Å². The molecule has 4 rings (SSSR count). The highest BCUT2D eigenvalue weighted by Crippen LogP contribution is 2.25. The molecule has 0 saturated carbocycles. The molecule has 0 amide bonds. The summed E-state index contributed by atoms with van der Waals surface area (Å²) in [5, 5.41) is 7.95. The van der Waals surface area contributed by atoms with E-state index in [0.29, 0.717) is 13.1 Å². The van der Waals surface area contributed by atoms with Crippen LogP contribution in [-0.4, -0.2) is 37.2 Å². The lowest BCUT2D eigenvalue weighted by Gasteiger charge is -2.06. The fraction of sp³-hybridized carbons (Fsp3) is 0.188. The summed E-state index contributed by atoms with van der Waals surface area (Å²) >= 11 is 0. The van der Waals surface area contributed by atoms with Crippen LogP contribution in [0.2, 0.25) is 0 Å². The Morgan fingerprint density at radius 3 is 2.83 bits per heavy atom. The van der Waals surface area contributed by atoms with Crippen molar-refractivity contribution in [1.29, 1.82) is 0 Å². The Hall–Kier alpha value is -2.93. The van der Waals surface area contributed by atoms with E-state index in [2.05, 4.69) is 15.3 Å². The van der Waals surface area contributed by atoms with Gasteiger partial charge in [-0.15, -0.1) is 0 Å². The molecule has 0 saturated heterocycles. The van der Waals surface area contributed by atoms with Crippen molar-refractivity contribution in [2.75, 3.05) is 18.4 Å². The minimum absolute atomic E-state index is 0.537. The van der Waals surface area contributed by atoms with Gasteiger partial charge < -0.3 is 15.6 Å². The number of fused-ring (bicyclic) bond motifs is 3. The molecular weight excluding hydrogens is 290 g/mol. The fourth-order valence-corrected chi connectivity index (χ4v) is 2.68. The first-order chi connectivity index (χ1) is 11.3. The number of nitrogens with two attached hydrogens (primary N) is 1. The first kappa shape index (κ1) is 13.7. The topological polar surface area (TPSA) is 86.1 Å². The average Bonchev–Trinajstić information content (AvgIpc) is 3.17. The van der Waals surface area contributed by atoms with Crippen LogP contribution in [0, 0.1) is 0 Å². The van der Waals surface area contributed by atoms with Gasteiger partial charge in [-0.25, -0.2) is 9.97 Å². The summed E-state index contributed by atoms with van der Waals surface area (Å²) in [7, 11) is 1.95. The second-order valence-electron chi connectivity index (χ2n) is 5.37. The lowest BCUT2D eigenvalue weighted by Crippen LogP contribution is -2.14.